The van der Waals surface area contributed by atoms with Gasteiger partial charge in [0.15, 0.2) is 0 Å². The van der Waals surface area contributed by atoms with Crippen LogP contribution in [-0.2, 0) is 0 Å². The van der Waals surface area contributed by atoms with Crippen LogP contribution < -0.4 is 4.74 Å². The summed E-state index contributed by atoms with van der Waals surface area (Å²) in [6.45, 7) is 4.39. The highest BCUT2D eigenvalue weighted by Crippen LogP contribution is 2.34. The molecule has 0 aliphatic carbocycles. The van der Waals surface area contributed by atoms with Crippen LogP contribution in [0.1, 0.15) is 48.4 Å². The number of carbonyl (C=O) groups excluding carboxylic acids is 1. The predicted molar refractivity (Wildman–Crippen MR) is 90.0 cm³/mol. The van der Waals surface area contributed by atoms with Crippen LogP contribution >= 0.6 is 0 Å². The fraction of sp³-hybridized carbons (Fsp3) is 0.444. The van der Waals surface area contributed by atoms with Crippen LogP contribution in [0.4, 0.5) is 0 Å². The quantitative estimate of drug-likeness (QED) is 0.935. The SMILES string of the molecule is COc1cccc([C@@H]2C[C@H](O)CN2C(=O)c2cn(C(C)C)cn2)c1. The summed E-state index contributed by atoms with van der Waals surface area (Å²) in [5.74, 6) is 0.587. The number of rotatable bonds is 4. The lowest BCUT2D eigenvalue weighted by Gasteiger charge is -2.24. The first-order valence-corrected chi connectivity index (χ1v) is 8.16. The summed E-state index contributed by atoms with van der Waals surface area (Å²) in [5.41, 5.74) is 1.37. The summed E-state index contributed by atoms with van der Waals surface area (Å²) < 4.78 is 7.17. The zero-order valence-electron chi connectivity index (χ0n) is 14.2. The number of imidazole rings is 1. The van der Waals surface area contributed by atoms with Crippen LogP contribution in [0.2, 0.25) is 0 Å². The molecule has 0 saturated carbocycles. The first kappa shape index (κ1) is 16.5. The first-order valence-electron chi connectivity index (χ1n) is 8.16. The number of amides is 1. The minimum Gasteiger partial charge on any atom is -0.497 e. The van der Waals surface area contributed by atoms with Crippen molar-refractivity contribution in [1.82, 2.24) is 14.5 Å². The van der Waals surface area contributed by atoms with Gasteiger partial charge in [-0.3, -0.25) is 4.79 Å². The molecule has 0 spiro atoms. The number of benzene rings is 1. The molecule has 128 valence electrons. The molecule has 2 aromatic rings. The minimum absolute atomic E-state index is 0.154. The Morgan fingerprint density at radius 1 is 1.42 bits per heavy atom. The van der Waals surface area contributed by atoms with Gasteiger partial charge in [-0.25, -0.2) is 4.98 Å². The van der Waals surface area contributed by atoms with Crippen LogP contribution in [0.15, 0.2) is 36.8 Å². The Hall–Kier alpha value is -2.34. The van der Waals surface area contributed by atoms with Gasteiger partial charge in [0.25, 0.3) is 5.91 Å². The second-order valence-electron chi connectivity index (χ2n) is 6.44. The highest BCUT2D eigenvalue weighted by Gasteiger charge is 2.36. The van der Waals surface area contributed by atoms with Crippen molar-refractivity contribution < 1.29 is 14.6 Å². The largest absolute Gasteiger partial charge is 0.497 e. The van der Waals surface area contributed by atoms with Crippen LogP contribution in [-0.4, -0.2) is 45.2 Å². The van der Waals surface area contributed by atoms with Gasteiger partial charge < -0.3 is 19.3 Å². The number of aromatic nitrogens is 2. The van der Waals surface area contributed by atoms with Gasteiger partial charge in [-0.05, 0) is 38.0 Å². The molecule has 6 heteroatoms. The molecule has 1 aliphatic rings. The molecular formula is C18H23N3O3. The Morgan fingerprint density at radius 2 is 2.21 bits per heavy atom. The Balaban J connectivity index is 1.87. The maximum Gasteiger partial charge on any atom is 0.274 e. The van der Waals surface area contributed by atoms with E-state index in [1.807, 2.05) is 42.7 Å². The number of hydrogen-bond acceptors (Lipinski definition) is 4. The van der Waals surface area contributed by atoms with Gasteiger partial charge in [0.1, 0.15) is 11.4 Å². The minimum atomic E-state index is -0.530. The van der Waals surface area contributed by atoms with E-state index in [1.165, 1.54) is 0 Å². The van der Waals surface area contributed by atoms with E-state index in [2.05, 4.69) is 4.98 Å². The third-order valence-electron chi connectivity index (χ3n) is 4.44. The maximum atomic E-state index is 12.9. The number of aliphatic hydroxyl groups is 1. The van der Waals surface area contributed by atoms with Crippen molar-refractivity contribution in [2.45, 2.75) is 38.5 Å². The van der Waals surface area contributed by atoms with Crippen molar-refractivity contribution in [3.8, 4) is 5.75 Å². The molecule has 0 bridgehead atoms. The zero-order chi connectivity index (χ0) is 17.3. The summed E-state index contributed by atoms with van der Waals surface area (Å²) in [5, 5.41) is 10.1. The van der Waals surface area contributed by atoms with E-state index in [-0.39, 0.29) is 18.0 Å². The average Bonchev–Trinajstić information content (AvgIpc) is 3.21. The van der Waals surface area contributed by atoms with Gasteiger partial charge in [0.2, 0.25) is 0 Å². The van der Waals surface area contributed by atoms with E-state index in [4.69, 9.17) is 4.74 Å². The lowest BCUT2D eigenvalue weighted by molar-refractivity contribution is 0.0710. The van der Waals surface area contributed by atoms with Crippen LogP contribution in [0.3, 0.4) is 0 Å². The number of ether oxygens (including phenoxy) is 1. The second kappa shape index (κ2) is 6.65. The predicted octanol–water partition coefficient (Wildman–Crippen LogP) is 2.42. The highest BCUT2D eigenvalue weighted by molar-refractivity contribution is 5.92. The van der Waals surface area contributed by atoms with E-state index in [1.54, 1.807) is 24.5 Å². The van der Waals surface area contributed by atoms with Crippen molar-refractivity contribution >= 4 is 5.91 Å². The lowest BCUT2D eigenvalue weighted by Crippen LogP contribution is -2.32. The summed E-state index contributed by atoms with van der Waals surface area (Å²) in [4.78, 5) is 18.8. The Labute approximate surface area is 141 Å². The van der Waals surface area contributed by atoms with E-state index in [0.717, 1.165) is 11.3 Å². The highest BCUT2D eigenvalue weighted by atomic mass is 16.5. The van der Waals surface area contributed by atoms with Gasteiger partial charge in [0.05, 0.1) is 25.6 Å². The van der Waals surface area contributed by atoms with Crippen molar-refractivity contribution in [2.24, 2.45) is 0 Å². The van der Waals surface area contributed by atoms with E-state index < -0.39 is 6.10 Å². The molecule has 3 rings (SSSR count). The molecule has 2 heterocycles. The van der Waals surface area contributed by atoms with Crippen molar-refractivity contribution in [3.05, 3.63) is 48.0 Å². The summed E-state index contributed by atoms with van der Waals surface area (Å²) in [7, 11) is 1.62. The van der Waals surface area contributed by atoms with Crippen molar-refractivity contribution in [3.63, 3.8) is 0 Å². The van der Waals surface area contributed by atoms with Crippen LogP contribution in [0.5, 0.6) is 5.75 Å². The fourth-order valence-electron chi connectivity index (χ4n) is 3.08. The van der Waals surface area contributed by atoms with Crippen LogP contribution in [0, 0.1) is 0 Å². The zero-order valence-corrected chi connectivity index (χ0v) is 14.2. The summed E-state index contributed by atoms with van der Waals surface area (Å²) in [6, 6.07) is 7.71. The molecule has 1 amide bonds. The molecule has 1 fully saturated rings. The molecule has 1 aliphatic heterocycles. The van der Waals surface area contributed by atoms with Gasteiger partial charge in [-0.15, -0.1) is 0 Å². The van der Waals surface area contributed by atoms with Gasteiger partial charge in [-0.2, -0.15) is 0 Å². The third-order valence-corrected chi connectivity index (χ3v) is 4.44. The lowest BCUT2D eigenvalue weighted by atomic mass is 10.0. The van der Waals surface area contributed by atoms with E-state index in [9.17, 15) is 9.90 Å². The molecule has 2 atom stereocenters. The smallest absolute Gasteiger partial charge is 0.274 e. The average molecular weight is 329 g/mol. The number of methoxy groups -OCH3 is 1. The molecule has 0 unspecified atom stereocenters. The fourth-order valence-corrected chi connectivity index (χ4v) is 3.08. The number of aliphatic hydroxyl groups excluding tert-OH is 1. The number of nitrogens with zero attached hydrogens (tertiary/aromatic N) is 3. The van der Waals surface area contributed by atoms with Crippen molar-refractivity contribution in [1.29, 1.82) is 0 Å². The molecule has 1 aromatic carbocycles. The number of likely N-dealkylation sites (tertiary alicyclic amines) is 1. The maximum absolute atomic E-state index is 12.9. The Morgan fingerprint density at radius 3 is 2.88 bits per heavy atom. The monoisotopic (exact) mass is 329 g/mol. The normalized spacial score (nSPS) is 20.6. The Bertz CT molecular complexity index is 726. The molecule has 1 aromatic heterocycles. The standard InChI is InChI=1S/C18H23N3O3/c1-12(2)20-10-16(19-11-20)18(23)21-9-14(22)8-17(21)13-5-4-6-15(7-13)24-3/h4-7,10-12,14,17,22H,8-9H2,1-3H3/t14-,17-/m0/s1. The summed E-state index contributed by atoms with van der Waals surface area (Å²) >= 11 is 0. The van der Waals surface area contributed by atoms with Gasteiger partial charge in [-0.1, -0.05) is 12.1 Å². The molecule has 0 radical (unpaired) electrons. The summed E-state index contributed by atoms with van der Waals surface area (Å²) in [6.07, 6.45) is 3.42. The Kier molecular flexibility index (Phi) is 4.57. The molecule has 6 nitrogen and oxygen atoms in total. The molecular weight excluding hydrogens is 306 g/mol. The molecule has 1 saturated heterocycles. The second-order valence-corrected chi connectivity index (χ2v) is 6.44. The van der Waals surface area contributed by atoms with Crippen molar-refractivity contribution in [2.75, 3.05) is 13.7 Å². The van der Waals surface area contributed by atoms with Gasteiger partial charge >= 0.3 is 0 Å². The molecule has 1 N–H and O–H groups in total. The van der Waals surface area contributed by atoms with Crippen LogP contribution in [0.25, 0.3) is 0 Å². The third kappa shape index (κ3) is 3.14. The number of β-amino-alcohol motifs (C(OH)–C–C–N with tert-alkyl or cyclic N) is 1. The van der Waals surface area contributed by atoms with E-state index in [0.29, 0.717) is 18.7 Å². The topological polar surface area (TPSA) is 67.6 Å². The molecule has 24 heavy (non-hydrogen) atoms. The number of carbonyl (C=O) groups is 1. The first-order chi connectivity index (χ1) is 11.5. The van der Waals surface area contributed by atoms with Gasteiger partial charge in [0, 0.05) is 18.8 Å². The van der Waals surface area contributed by atoms with E-state index >= 15 is 0 Å². The number of hydrogen-bond donors (Lipinski definition) is 1.